The zero-order chi connectivity index (χ0) is 6.62. The van der Waals surface area contributed by atoms with E-state index in [1.165, 1.54) is 12.4 Å². The Morgan fingerprint density at radius 2 is 1.75 bits per heavy atom. The summed E-state index contributed by atoms with van der Waals surface area (Å²) in [6.07, 6.45) is 3.94. The molecule has 0 aliphatic rings. The molecule has 0 heterocycles. The number of nitrogens with one attached hydrogen (secondary N) is 2. The van der Waals surface area contributed by atoms with Crippen LogP contribution < -0.4 is 0 Å². The van der Waals surface area contributed by atoms with Crippen molar-refractivity contribution in [3.05, 3.63) is 12.7 Å². The largest absolute Gasteiger partial charge is 0.312 e. The Kier molecular flexibility index (Phi) is 2.13. The fourth-order valence-corrected chi connectivity index (χ4v) is 0.160. The van der Waals surface area contributed by atoms with Gasteiger partial charge in [0, 0.05) is 12.4 Å². The molecule has 8 heavy (non-hydrogen) atoms. The van der Waals surface area contributed by atoms with E-state index < -0.39 is 5.41 Å². The van der Waals surface area contributed by atoms with E-state index in [-0.39, 0.29) is 0 Å². The summed E-state index contributed by atoms with van der Waals surface area (Å²) in [4.78, 5) is 0. The molecule has 0 saturated heterocycles. The minimum atomic E-state index is -0.528. The third-order valence-corrected chi connectivity index (χ3v) is 1.06. The summed E-state index contributed by atoms with van der Waals surface area (Å²) in [6, 6.07) is 0. The summed E-state index contributed by atoms with van der Waals surface area (Å²) in [5, 5.41) is 13.6. The lowest BCUT2D eigenvalue weighted by atomic mass is 9.95. The second kappa shape index (κ2) is 2.40. The molecule has 0 rings (SSSR count). The van der Waals surface area contributed by atoms with Gasteiger partial charge in [-0.2, -0.15) is 0 Å². The molecular weight excluding hydrogens is 100 g/mol. The van der Waals surface area contributed by atoms with Crippen molar-refractivity contribution in [2.75, 3.05) is 0 Å². The van der Waals surface area contributed by atoms with Crippen LogP contribution in [0.15, 0.2) is 12.7 Å². The summed E-state index contributed by atoms with van der Waals surface area (Å²) in [6.45, 7) is 5.22. The first-order valence-corrected chi connectivity index (χ1v) is 2.35. The van der Waals surface area contributed by atoms with Crippen LogP contribution in [0.3, 0.4) is 0 Å². The minimum Gasteiger partial charge on any atom is -0.312 e. The van der Waals surface area contributed by atoms with E-state index in [0.717, 1.165) is 0 Å². The van der Waals surface area contributed by atoms with Crippen LogP contribution in [-0.4, -0.2) is 12.4 Å². The van der Waals surface area contributed by atoms with Crippen LogP contribution in [0.2, 0.25) is 0 Å². The molecule has 0 aromatic rings. The highest BCUT2D eigenvalue weighted by Crippen LogP contribution is 2.08. The first-order chi connectivity index (χ1) is 3.68. The molecule has 0 aliphatic carbocycles. The molecule has 0 aliphatic heterocycles. The van der Waals surface area contributed by atoms with E-state index in [9.17, 15) is 0 Å². The Labute approximate surface area is 49.2 Å². The predicted octanol–water partition coefficient (Wildman–Crippen LogP) is 1.48. The van der Waals surface area contributed by atoms with Crippen molar-refractivity contribution < 1.29 is 0 Å². The van der Waals surface area contributed by atoms with Crippen molar-refractivity contribution in [3.8, 4) is 0 Å². The van der Waals surface area contributed by atoms with Gasteiger partial charge in [-0.1, -0.05) is 6.08 Å². The van der Waals surface area contributed by atoms with E-state index in [1.54, 1.807) is 13.0 Å². The molecule has 0 aromatic heterocycles. The molecule has 44 valence electrons. The van der Waals surface area contributed by atoms with Crippen LogP contribution in [0.5, 0.6) is 0 Å². The van der Waals surface area contributed by atoms with Gasteiger partial charge in [-0.15, -0.1) is 6.58 Å². The monoisotopic (exact) mass is 110 g/mol. The molecule has 0 radical (unpaired) electrons. The third-order valence-electron chi connectivity index (χ3n) is 1.06. The van der Waals surface area contributed by atoms with Gasteiger partial charge in [0.05, 0.1) is 5.41 Å². The maximum Gasteiger partial charge on any atom is 0.0543 e. The van der Waals surface area contributed by atoms with Gasteiger partial charge in [-0.25, -0.2) is 0 Å². The minimum absolute atomic E-state index is 0.528. The van der Waals surface area contributed by atoms with Crippen LogP contribution in [0.1, 0.15) is 6.92 Å². The van der Waals surface area contributed by atoms with Crippen molar-refractivity contribution in [1.82, 2.24) is 0 Å². The summed E-state index contributed by atoms with van der Waals surface area (Å²) < 4.78 is 0. The van der Waals surface area contributed by atoms with Gasteiger partial charge in [0.2, 0.25) is 0 Å². The summed E-state index contributed by atoms with van der Waals surface area (Å²) in [7, 11) is 0. The first kappa shape index (κ1) is 7.08. The van der Waals surface area contributed by atoms with E-state index in [4.69, 9.17) is 10.8 Å². The van der Waals surface area contributed by atoms with Crippen molar-refractivity contribution in [2.45, 2.75) is 6.92 Å². The second-order valence-electron chi connectivity index (χ2n) is 1.86. The van der Waals surface area contributed by atoms with Crippen molar-refractivity contribution >= 4 is 12.4 Å². The van der Waals surface area contributed by atoms with Crippen molar-refractivity contribution in [2.24, 2.45) is 5.41 Å². The molecule has 0 atom stereocenters. The average Bonchev–Trinajstić information content (AvgIpc) is 1.87. The van der Waals surface area contributed by atoms with Gasteiger partial charge in [0.25, 0.3) is 0 Å². The van der Waals surface area contributed by atoms with E-state index in [0.29, 0.717) is 0 Å². The smallest absolute Gasteiger partial charge is 0.0543 e. The summed E-state index contributed by atoms with van der Waals surface area (Å²) in [5.41, 5.74) is -0.528. The molecule has 0 unspecified atom stereocenters. The van der Waals surface area contributed by atoms with Crippen LogP contribution >= 0.6 is 0 Å². The van der Waals surface area contributed by atoms with E-state index in [2.05, 4.69) is 6.58 Å². The maximum atomic E-state index is 6.81. The highest BCUT2D eigenvalue weighted by atomic mass is 14.4. The van der Waals surface area contributed by atoms with Crippen LogP contribution in [0.25, 0.3) is 0 Å². The Morgan fingerprint density at radius 1 is 1.38 bits per heavy atom. The van der Waals surface area contributed by atoms with Crippen LogP contribution in [0, 0.1) is 16.2 Å². The highest BCUT2D eigenvalue weighted by Gasteiger charge is 2.10. The number of hydrogen-bond acceptors (Lipinski definition) is 2. The summed E-state index contributed by atoms with van der Waals surface area (Å²) in [5.74, 6) is 0. The third kappa shape index (κ3) is 1.30. The molecular formula is C6H10N2. The Balaban J connectivity index is 4.18. The normalized spacial score (nSPS) is 16.1. The zero-order valence-corrected chi connectivity index (χ0v) is 4.94. The molecule has 0 amide bonds. The fraction of sp³-hybridized carbons (Fsp3) is 0.333. The predicted molar refractivity (Wildman–Crippen MR) is 35.9 cm³/mol. The number of rotatable bonds is 3. The average molecular weight is 110 g/mol. The topological polar surface area (TPSA) is 47.7 Å². The fourth-order valence-electron chi connectivity index (χ4n) is 0.160. The molecule has 2 heteroatoms. The molecule has 2 N–H and O–H groups in total. The molecule has 0 fully saturated rings. The van der Waals surface area contributed by atoms with Crippen molar-refractivity contribution in [3.63, 3.8) is 0 Å². The highest BCUT2D eigenvalue weighted by molar-refractivity contribution is 5.88. The first-order valence-electron chi connectivity index (χ1n) is 2.35. The lowest BCUT2D eigenvalue weighted by Crippen LogP contribution is -2.14. The van der Waals surface area contributed by atoms with Crippen LogP contribution in [-0.2, 0) is 0 Å². The van der Waals surface area contributed by atoms with Crippen LogP contribution in [0.4, 0.5) is 0 Å². The zero-order valence-electron chi connectivity index (χ0n) is 4.94. The van der Waals surface area contributed by atoms with Gasteiger partial charge in [-0.3, -0.25) is 0 Å². The summed E-state index contributed by atoms with van der Waals surface area (Å²) >= 11 is 0. The molecule has 0 saturated carbocycles. The van der Waals surface area contributed by atoms with Gasteiger partial charge in [0.1, 0.15) is 0 Å². The Hall–Kier alpha value is -0.920. The van der Waals surface area contributed by atoms with Gasteiger partial charge in [-0.05, 0) is 6.92 Å². The maximum absolute atomic E-state index is 6.81. The molecule has 0 aromatic carbocycles. The van der Waals surface area contributed by atoms with Crippen molar-refractivity contribution in [1.29, 1.82) is 10.8 Å². The SMILES string of the molecule is C=CC(C)(C=N)C=N. The lowest BCUT2D eigenvalue weighted by Gasteiger charge is -2.09. The number of hydrogen-bond donors (Lipinski definition) is 2. The standard InChI is InChI=1S/C6H10N2/c1-3-6(2,4-7)5-8/h3-5,7-8H,1H2,2H3. The van der Waals surface area contributed by atoms with E-state index in [1.807, 2.05) is 0 Å². The Morgan fingerprint density at radius 3 is 1.75 bits per heavy atom. The second-order valence-corrected chi connectivity index (χ2v) is 1.86. The molecule has 0 spiro atoms. The lowest BCUT2D eigenvalue weighted by molar-refractivity contribution is 0.862. The van der Waals surface area contributed by atoms with Gasteiger partial charge < -0.3 is 10.8 Å². The number of allylic oxidation sites excluding steroid dienone is 1. The quantitative estimate of drug-likeness (QED) is 0.408. The molecule has 0 bridgehead atoms. The van der Waals surface area contributed by atoms with Gasteiger partial charge >= 0.3 is 0 Å². The Bertz CT molecular complexity index is 93.9. The van der Waals surface area contributed by atoms with E-state index >= 15 is 0 Å². The van der Waals surface area contributed by atoms with Gasteiger partial charge in [0.15, 0.2) is 0 Å². The molecule has 2 nitrogen and oxygen atoms in total.